The number of aromatic nitrogens is 2. The van der Waals surface area contributed by atoms with Gasteiger partial charge in [0.2, 0.25) is 0 Å². The normalized spacial score (nSPS) is 11.0. The van der Waals surface area contributed by atoms with E-state index in [-0.39, 0.29) is 11.6 Å². The van der Waals surface area contributed by atoms with Crippen molar-refractivity contribution in [3.8, 4) is 0 Å². The Morgan fingerprint density at radius 2 is 1.91 bits per heavy atom. The van der Waals surface area contributed by atoms with E-state index in [4.69, 9.17) is 0 Å². The topological polar surface area (TPSA) is 34.4 Å². The van der Waals surface area contributed by atoms with Gasteiger partial charge in [0.05, 0.1) is 16.8 Å². The van der Waals surface area contributed by atoms with Crippen LogP contribution in [0.2, 0.25) is 0 Å². The molecular weight excluding hydrogens is 279 g/mol. The highest BCUT2D eigenvalue weighted by atomic mass is 19.1. The fourth-order valence-electron chi connectivity index (χ4n) is 2.65. The van der Waals surface area contributed by atoms with Gasteiger partial charge in [-0.2, -0.15) is 5.10 Å². The van der Waals surface area contributed by atoms with Gasteiger partial charge in [-0.25, -0.2) is 8.91 Å². The number of rotatable bonds is 4. The van der Waals surface area contributed by atoms with Crippen molar-refractivity contribution in [2.75, 3.05) is 0 Å². The first-order valence-corrected chi connectivity index (χ1v) is 7.28. The van der Waals surface area contributed by atoms with E-state index in [1.807, 2.05) is 32.2 Å². The summed E-state index contributed by atoms with van der Waals surface area (Å²) in [6.07, 6.45) is 2.86. The number of pyridine rings is 1. The van der Waals surface area contributed by atoms with E-state index in [1.165, 1.54) is 12.1 Å². The van der Waals surface area contributed by atoms with E-state index in [1.54, 1.807) is 16.6 Å². The zero-order valence-electron chi connectivity index (χ0n) is 12.6. The number of halogens is 1. The molecule has 0 radical (unpaired) electrons. The van der Waals surface area contributed by atoms with Crippen molar-refractivity contribution in [2.45, 2.75) is 26.7 Å². The molecule has 22 heavy (non-hydrogen) atoms. The molecule has 0 N–H and O–H groups in total. The van der Waals surface area contributed by atoms with Crippen LogP contribution in [0.25, 0.3) is 5.52 Å². The molecular formula is C18H17FN2O. The molecule has 0 spiro atoms. The van der Waals surface area contributed by atoms with Crippen LogP contribution in [0.3, 0.4) is 0 Å². The van der Waals surface area contributed by atoms with Crippen LogP contribution in [0.15, 0.2) is 42.6 Å². The highest BCUT2D eigenvalue weighted by molar-refractivity contribution is 6.03. The van der Waals surface area contributed by atoms with Gasteiger partial charge < -0.3 is 0 Å². The molecule has 4 heteroatoms. The van der Waals surface area contributed by atoms with Crippen molar-refractivity contribution in [3.63, 3.8) is 0 Å². The number of fused-ring (bicyclic) bond motifs is 1. The molecule has 0 amide bonds. The lowest BCUT2D eigenvalue weighted by molar-refractivity contribution is 0.0984. The van der Waals surface area contributed by atoms with Gasteiger partial charge in [0.15, 0.2) is 5.78 Å². The third kappa shape index (κ3) is 2.77. The second-order valence-electron chi connectivity index (χ2n) is 5.54. The van der Waals surface area contributed by atoms with Crippen LogP contribution in [0.5, 0.6) is 0 Å². The smallest absolute Gasteiger partial charge is 0.167 e. The third-order valence-electron chi connectivity index (χ3n) is 3.80. The molecule has 0 aliphatic heterocycles. The maximum atomic E-state index is 12.9. The summed E-state index contributed by atoms with van der Waals surface area (Å²) in [5, 5.41) is 4.39. The van der Waals surface area contributed by atoms with E-state index in [0.717, 1.165) is 22.3 Å². The standard InChI is InChI=1S/C18H17FN2O/c1-12-9-10-21-16(11-12)18(13(2)20-21)17(22)8-5-14-3-6-15(19)7-4-14/h3-4,6-7,9-11H,5,8H2,1-2H3. The molecule has 3 aromatic rings. The van der Waals surface area contributed by atoms with Crippen molar-refractivity contribution in [2.24, 2.45) is 0 Å². The fourth-order valence-corrected chi connectivity index (χ4v) is 2.65. The van der Waals surface area contributed by atoms with Gasteiger partial charge >= 0.3 is 0 Å². The Morgan fingerprint density at radius 3 is 2.64 bits per heavy atom. The summed E-state index contributed by atoms with van der Waals surface area (Å²) < 4.78 is 14.6. The van der Waals surface area contributed by atoms with Crippen LogP contribution < -0.4 is 0 Å². The molecule has 0 saturated heterocycles. The van der Waals surface area contributed by atoms with Gasteiger partial charge in [-0.1, -0.05) is 12.1 Å². The van der Waals surface area contributed by atoms with Crippen molar-refractivity contribution in [3.05, 3.63) is 70.8 Å². The van der Waals surface area contributed by atoms with Crippen LogP contribution >= 0.6 is 0 Å². The molecule has 2 heterocycles. The minimum atomic E-state index is -0.260. The van der Waals surface area contributed by atoms with Crippen LogP contribution in [-0.2, 0) is 6.42 Å². The van der Waals surface area contributed by atoms with Crippen molar-refractivity contribution in [1.82, 2.24) is 9.61 Å². The number of aryl methyl sites for hydroxylation is 3. The Balaban J connectivity index is 1.84. The number of carbonyl (C=O) groups excluding carboxylic acids is 1. The minimum Gasteiger partial charge on any atom is -0.294 e. The number of carbonyl (C=O) groups is 1. The minimum absolute atomic E-state index is 0.0717. The first kappa shape index (κ1) is 14.4. The Hall–Kier alpha value is -2.49. The van der Waals surface area contributed by atoms with Gasteiger partial charge in [-0.05, 0) is 55.7 Å². The molecule has 0 fully saturated rings. The SMILES string of the molecule is Cc1ccn2nc(C)c(C(=O)CCc3ccc(F)cc3)c2c1. The number of hydrogen-bond acceptors (Lipinski definition) is 2. The van der Waals surface area contributed by atoms with Gasteiger partial charge in [-0.15, -0.1) is 0 Å². The highest BCUT2D eigenvalue weighted by Gasteiger charge is 2.16. The lowest BCUT2D eigenvalue weighted by Crippen LogP contribution is -2.03. The molecule has 2 aromatic heterocycles. The van der Waals surface area contributed by atoms with E-state index in [0.29, 0.717) is 18.4 Å². The summed E-state index contributed by atoms with van der Waals surface area (Å²) in [6, 6.07) is 10.2. The lowest BCUT2D eigenvalue weighted by Gasteiger charge is -2.02. The highest BCUT2D eigenvalue weighted by Crippen LogP contribution is 2.19. The summed E-state index contributed by atoms with van der Waals surface area (Å²) in [5.74, 6) is -0.188. The Bertz CT molecular complexity index is 834. The largest absolute Gasteiger partial charge is 0.294 e. The average molecular weight is 296 g/mol. The van der Waals surface area contributed by atoms with Crippen molar-refractivity contribution >= 4 is 11.3 Å². The van der Waals surface area contributed by atoms with Gasteiger partial charge in [0, 0.05) is 12.6 Å². The fraction of sp³-hybridized carbons (Fsp3) is 0.222. The molecule has 1 aromatic carbocycles. The predicted molar refractivity (Wildman–Crippen MR) is 83.7 cm³/mol. The summed E-state index contributed by atoms with van der Waals surface area (Å²) in [4.78, 5) is 12.6. The molecule has 0 saturated carbocycles. The number of Topliss-reactive ketones (excluding diaryl/α,β-unsaturated/α-hetero) is 1. The number of nitrogens with zero attached hydrogens (tertiary/aromatic N) is 2. The number of ketones is 1. The van der Waals surface area contributed by atoms with Crippen molar-refractivity contribution < 1.29 is 9.18 Å². The molecule has 0 aliphatic rings. The van der Waals surface area contributed by atoms with Crippen LogP contribution in [0.4, 0.5) is 4.39 Å². The maximum Gasteiger partial charge on any atom is 0.167 e. The molecule has 0 bridgehead atoms. The first-order chi connectivity index (χ1) is 10.5. The van der Waals surface area contributed by atoms with Gasteiger partial charge in [0.25, 0.3) is 0 Å². The molecule has 3 rings (SSSR count). The predicted octanol–water partition coefficient (Wildman–Crippen LogP) is 3.91. The second kappa shape index (κ2) is 5.72. The molecule has 0 atom stereocenters. The molecule has 0 unspecified atom stereocenters. The van der Waals surface area contributed by atoms with Crippen LogP contribution in [-0.4, -0.2) is 15.4 Å². The van der Waals surface area contributed by atoms with Gasteiger partial charge in [0.1, 0.15) is 5.82 Å². The lowest BCUT2D eigenvalue weighted by atomic mass is 10.0. The molecule has 3 nitrogen and oxygen atoms in total. The summed E-state index contributed by atoms with van der Waals surface area (Å²) in [5.41, 5.74) is 4.34. The Kier molecular flexibility index (Phi) is 3.75. The summed E-state index contributed by atoms with van der Waals surface area (Å²) in [6.45, 7) is 3.85. The van der Waals surface area contributed by atoms with E-state index < -0.39 is 0 Å². The van der Waals surface area contributed by atoms with E-state index >= 15 is 0 Å². The van der Waals surface area contributed by atoms with E-state index in [2.05, 4.69) is 5.10 Å². The average Bonchev–Trinajstić information content (AvgIpc) is 2.81. The van der Waals surface area contributed by atoms with Crippen LogP contribution in [0, 0.1) is 19.7 Å². The van der Waals surface area contributed by atoms with E-state index in [9.17, 15) is 9.18 Å². The second-order valence-corrected chi connectivity index (χ2v) is 5.54. The number of benzene rings is 1. The number of hydrogen-bond donors (Lipinski definition) is 0. The Labute approximate surface area is 128 Å². The Morgan fingerprint density at radius 1 is 1.18 bits per heavy atom. The van der Waals surface area contributed by atoms with Gasteiger partial charge in [-0.3, -0.25) is 4.79 Å². The molecule has 112 valence electrons. The molecule has 0 aliphatic carbocycles. The summed E-state index contributed by atoms with van der Waals surface area (Å²) in [7, 11) is 0. The third-order valence-corrected chi connectivity index (χ3v) is 3.80. The van der Waals surface area contributed by atoms with Crippen molar-refractivity contribution in [1.29, 1.82) is 0 Å². The zero-order valence-corrected chi connectivity index (χ0v) is 12.6. The maximum absolute atomic E-state index is 12.9. The summed E-state index contributed by atoms with van der Waals surface area (Å²) >= 11 is 0. The quantitative estimate of drug-likeness (QED) is 0.684. The zero-order chi connectivity index (χ0) is 15.7. The monoisotopic (exact) mass is 296 g/mol. The first-order valence-electron chi connectivity index (χ1n) is 7.28. The van der Waals surface area contributed by atoms with Crippen LogP contribution in [0.1, 0.15) is 33.6 Å².